The average Bonchev–Trinajstić information content (AvgIpc) is 2.81. The summed E-state index contributed by atoms with van der Waals surface area (Å²) in [6, 6.07) is 32.2. The van der Waals surface area contributed by atoms with Gasteiger partial charge < -0.3 is 0 Å². The first-order valence-electron chi connectivity index (χ1n) is 9.64. The van der Waals surface area contributed by atoms with Crippen molar-refractivity contribution < 1.29 is 28.5 Å². The third kappa shape index (κ3) is 9.85. The van der Waals surface area contributed by atoms with Gasteiger partial charge in [0.2, 0.25) is 0 Å². The van der Waals surface area contributed by atoms with E-state index in [2.05, 4.69) is 34.2 Å². The Morgan fingerprint density at radius 1 is 0.645 bits per heavy atom. The Bertz CT molecular complexity index is 880. The van der Waals surface area contributed by atoms with Crippen LogP contribution in [0.3, 0.4) is 0 Å². The molecule has 4 aromatic rings. The zero-order valence-electron chi connectivity index (χ0n) is 17.1. The molecular weight excluding hydrogens is 565 g/mol. The van der Waals surface area contributed by atoms with Gasteiger partial charge in [-0.25, -0.2) is 0 Å². The number of carbonyl (C=O) groups excluding carboxylic acids is 2. The number of hydrogen-bond donors (Lipinski definition) is 0. The van der Waals surface area contributed by atoms with Crippen molar-refractivity contribution >= 4 is 10.1 Å². The zero-order chi connectivity index (χ0) is 22.3. The molecule has 0 saturated heterocycles. The predicted octanol–water partition coefficient (Wildman–Crippen LogP) is 5.54. The minimum atomic E-state index is -0.0625. The van der Waals surface area contributed by atoms with E-state index in [0.29, 0.717) is 0 Å². The van der Waals surface area contributed by atoms with E-state index in [1.807, 2.05) is 85.2 Å². The molecule has 31 heavy (non-hydrogen) atoms. The smallest absolute Gasteiger partial charge is 0.0701 e. The van der Waals surface area contributed by atoms with Gasteiger partial charge in [-0.2, -0.15) is 0 Å². The summed E-state index contributed by atoms with van der Waals surface area (Å²) in [6.07, 6.45) is 3.70. The Morgan fingerprint density at radius 2 is 1.03 bits per heavy atom. The maximum absolute atomic E-state index is 10.0. The first kappa shape index (κ1) is 24.0. The van der Waals surface area contributed by atoms with Crippen molar-refractivity contribution in [3.63, 3.8) is 0 Å². The first-order chi connectivity index (χ1) is 15.1. The molecule has 4 nitrogen and oxygen atoms in total. The topological polar surface area (TPSA) is 59.9 Å². The Labute approximate surface area is 193 Å². The number of pyridine rings is 2. The number of hydrogen-bond acceptors (Lipinski definition) is 4. The van der Waals surface area contributed by atoms with Crippen molar-refractivity contribution in [3.05, 3.63) is 109 Å². The molecule has 158 valence electrons. The molecule has 2 aromatic heterocycles. The summed E-state index contributed by atoms with van der Waals surface area (Å²) in [4.78, 5) is 28.6. The van der Waals surface area contributed by atoms with Crippen LogP contribution in [0.25, 0.3) is 22.5 Å². The molecular formula is C26H23IrN2O2. The third-order valence-corrected chi connectivity index (χ3v) is 4.27. The molecule has 0 atom stereocenters. The van der Waals surface area contributed by atoms with Crippen LogP contribution in [-0.4, -0.2) is 20.0 Å². The molecule has 0 saturated carbocycles. The number of carbonyl (C=O) groups is 2. The average molecular weight is 588 g/mol. The van der Waals surface area contributed by atoms with Gasteiger partial charge in [-0.15, -0.1) is 0 Å². The normalized spacial score (nSPS) is 9.39. The van der Waals surface area contributed by atoms with Crippen LogP contribution in [0.2, 0.25) is 0 Å². The van der Waals surface area contributed by atoms with Gasteiger partial charge >= 0.3 is 51.9 Å². The molecule has 0 bridgehead atoms. The van der Waals surface area contributed by atoms with Crippen molar-refractivity contribution in [1.29, 1.82) is 0 Å². The molecule has 0 spiro atoms. The maximum atomic E-state index is 10.0. The second kappa shape index (κ2) is 13.9. The van der Waals surface area contributed by atoms with Crippen LogP contribution in [0, 0.1) is 0 Å². The summed E-state index contributed by atoms with van der Waals surface area (Å²) < 4.78 is -0.0625. The summed E-state index contributed by atoms with van der Waals surface area (Å²) in [7, 11) is 0. The fraction of sp³-hybridized carbons (Fsp3) is 0.0769. The fourth-order valence-electron chi connectivity index (χ4n) is 2.47. The fourth-order valence-corrected chi connectivity index (χ4v) is 3.07. The van der Waals surface area contributed by atoms with Crippen molar-refractivity contribution in [2.75, 3.05) is 0 Å². The van der Waals surface area contributed by atoms with Crippen LogP contribution in [0.1, 0.15) is 13.3 Å². The Balaban J connectivity index is 0.000000173. The van der Waals surface area contributed by atoms with E-state index in [-0.39, 0.29) is 16.5 Å². The first-order valence-corrected chi connectivity index (χ1v) is 10.8. The van der Waals surface area contributed by atoms with E-state index in [0.717, 1.165) is 22.5 Å². The molecule has 2 aromatic carbocycles. The number of ketones is 1. The minimum Gasteiger partial charge on any atom is -0.256 e. The summed E-state index contributed by atoms with van der Waals surface area (Å²) in [5, 5.41) is 0. The molecule has 0 radical (unpaired) electrons. The van der Waals surface area contributed by atoms with Crippen molar-refractivity contribution in [2.45, 2.75) is 13.3 Å². The van der Waals surface area contributed by atoms with Gasteiger partial charge in [0.05, 0.1) is 11.4 Å². The maximum Gasteiger partial charge on any atom is 0.0701 e. The van der Waals surface area contributed by atoms with Gasteiger partial charge in [-0.3, -0.25) is 9.97 Å². The molecule has 0 aliphatic rings. The number of aromatic nitrogens is 2. The van der Waals surface area contributed by atoms with Gasteiger partial charge in [-0.05, 0) is 24.3 Å². The van der Waals surface area contributed by atoms with Crippen molar-refractivity contribution in [1.82, 2.24) is 9.97 Å². The molecule has 0 fully saturated rings. The van der Waals surface area contributed by atoms with E-state index in [4.69, 9.17) is 0 Å². The largest absolute Gasteiger partial charge is 0.256 e. The number of benzene rings is 2. The standard InChI is InChI=1S/2C11H9N.C4H5O2.Ir/c2*1-2-6-10(7-3-1)11-8-4-5-9-12-11;1-4(6)2-3-5;/h2*1-9H;2H2,1H3;. The molecule has 4 rings (SSSR count). The van der Waals surface area contributed by atoms with Gasteiger partial charge in [0.1, 0.15) is 0 Å². The summed E-state index contributed by atoms with van der Waals surface area (Å²) in [5.74, 6) is -0.0625. The van der Waals surface area contributed by atoms with Crippen LogP contribution in [-0.2, 0) is 28.5 Å². The minimum absolute atomic E-state index is 0.0625. The molecule has 0 unspecified atom stereocenters. The number of nitrogens with zero attached hydrogens (tertiary/aromatic N) is 2. The molecule has 0 amide bonds. The van der Waals surface area contributed by atoms with Crippen LogP contribution in [0.15, 0.2) is 109 Å². The van der Waals surface area contributed by atoms with E-state index in [1.54, 1.807) is 0 Å². The number of Topliss-reactive ketones (excluding diaryl/α,β-unsaturated/α-hetero) is 1. The third-order valence-electron chi connectivity index (χ3n) is 3.85. The second-order valence-corrected chi connectivity index (χ2v) is 7.71. The van der Waals surface area contributed by atoms with Gasteiger partial charge in [0, 0.05) is 23.5 Å². The quantitative estimate of drug-likeness (QED) is 0.295. The van der Waals surface area contributed by atoms with E-state index >= 15 is 0 Å². The van der Waals surface area contributed by atoms with Crippen molar-refractivity contribution in [3.8, 4) is 22.5 Å². The summed E-state index contributed by atoms with van der Waals surface area (Å²) in [6.45, 7) is 1.40. The SMILES string of the molecule is CC(=O)C[C](=O)[Ir].c1ccc(-c2ccccn2)cc1.c1ccc(-c2ccccn2)cc1. The van der Waals surface area contributed by atoms with Crippen LogP contribution < -0.4 is 0 Å². The van der Waals surface area contributed by atoms with E-state index < -0.39 is 0 Å². The summed E-state index contributed by atoms with van der Waals surface area (Å²) in [5.41, 5.74) is 4.38. The molecule has 0 N–H and O–H groups in total. The molecule has 2 heterocycles. The Hall–Kier alpha value is -3.27. The van der Waals surface area contributed by atoms with Gasteiger partial charge in [0.15, 0.2) is 0 Å². The van der Waals surface area contributed by atoms with Gasteiger partial charge in [0.25, 0.3) is 0 Å². The molecule has 0 aliphatic carbocycles. The van der Waals surface area contributed by atoms with Crippen LogP contribution >= 0.6 is 0 Å². The zero-order valence-corrected chi connectivity index (χ0v) is 19.5. The van der Waals surface area contributed by atoms with E-state index in [9.17, 15) is 9.59 Å². The second-order valence-electron chi connectivity index (χ2n) is 6.37. The van der Waals surface area contributed by atoms with Crippen molar-refractivity contribution in [2.24, 2.45) is 0 Å². The van der Waals surface area contributed by atoms with Gasteiger partial charge in [-0.1, -0.05) is 72.8 Å². The molecule has 0 aliphatic heterocycles. The predicted molar refractivity (Wildman–Crippen MR) is 120 cm³/mol. The Kier molecular flexibility index (Phi) is 10.7. The molecule has 5 heteroatoms. The van der Waals surface area contributed by atoms with Crippen LogP contribution in [0.5, 0.6) is 0 Å². The monoisotopic (exact) mass is 588 g/mol. The summed E-state index contributed by atoms with van der Waals surface area (Å²) >= 11 is 1.40. The van der Waals surface area contributed by atoms with E-state index in [1.165, 1.54) is 25.8 Å². The number of rotatable bonds is 4. The van der Waals surface area contributed by atoms with Crippen LogP contribution in [0.4, 0.5) is 0 Å². The Morgan fingerprint density at radius 3 is 1.29 bits per heavy atom.